The van der Waals surface area contributed by atoms with Crippen molar-refractivity contribution in [3.8, 4) is 23.0 Å². The highest BCUT2D eigenvalue weighted by molar-refractivity contribution is 6.02. The van der Waals surface area contributed by atoms with E-state index in [1.54, 1.807) is 18.2 Å². The highest BCUT2D eigenvalue weighted by Gasteiger charge is 2.23. The zero-order valence-corrected chi connectivity index (χ0v) is 16.5. The second-order valence-electron chi connectivity index (χ2n) is 6.25. The van der Waals surface area contributed by atoms with Gasteiger partial charge in [0, 0.05) is 24.3 Å². The van der Waals surface area contributed by atoms with E-state index >= 15 is 0 Å². The van der Waals surface area contributed by atoms with Crippen LogP contribution < -0.4 is 18.9 Å². The number of ketones is 1. The van der Waals surface area contributed by atoms with E-state index in [1.807, 2.05) is 0 Å². The van der Waals surface area contributed by atoms with Gasteiger partial charge in [-0.1, -0.05) is 6.08 Å². The van der Waals surface area contributed by atoms with E-state index in [-0.39, 0.29) is 30.2 Å². The van der Waals surface area contributed by atoms with Crippen molar-refractivity contribution in [3.63, 3.8) is 0 Å². The third-order valence-corrected chi connectivity index (χ3v) is 4.44. The van der Waals surface area contributed by atoms with Crippen molar-refractivity contribution >= 4 is 23.4 Å². The molecule has 0 saturated carbocycles. The molecule has 1 aliphatic heterocycles. The maximum atomic E-state index is 12.7. The van der Waals surface area contributed by atoms with Crippen LogP contribution in [0.1, 0.15) is 28.8 Å². The quantitative estimate of drug-likeness (QED) is 0.199. The van der Waals surface area contributed by atoms with E-state index < -0.39 is 4.92 Å². The van der Waals surface area contributed by atoms with Gasteiger partial charge in [0.05, 0.1) is 36.5 Å². The maximum absolute atomic E-state index is 12.7. The molecule has 0 saturated heterocycles. The smallest absolute Gasteiger partial charge is 0.282 e. The monoisotopic (exact) mass is 412 g/mol. The second-order valence-corrected chi connectivity index (χ2v) is 6.25. The molecule has 1 heterocycles. The lowest BCUT2D eigenvalue weighted by molar-refractivity contribution is -0.385. The predicted octanol–water partition coefficient (Wildman–Crippen LogP) is 4.24. The Morgan fingerprint density at radius 2 is 1.87 bits per heavy atom. The molecule has 3 rings (SSSR count). The van der Waals surface area contributed by atoms with Gasteiger partial charge < -0.3 is 18.9 Å². The van der Waals surface area contributed by atoms with Crippen LogP contribution in [0.15, 0.2) is 41.9 Å². The Morgan fingerprint density at radius 3 is 2.50 bits per heavy atom. The Hall–Kier alpha value is -3.88. The molecule has 0 atom stereocenters. The molecular weight excluding hydrogens is 392 g/mol. The number of hydrogen-bond donors (Lipinski definition) is 0. The number of nitro benzene ring substituents is 1. The fourth-order valence-corrected chi connectivity index (χ4v) is 2.91. The van der Waals surface area contributed by atoms with Crippen LogP contribution in [0.3, 0.4) is 0 Å². The molecule has 0 N–H and O–H groups in total. The summed E-state index contributed by atoms with van der Waals surface area (Å²) in [5.41, 5.74) is 0.634. The molecule has 1 aliphatic rings. The molecule has 0 aromatic heterocycles. The van der Waals surface area contributed by atoms with Crippen LogP contribution in [0.2, 0.25) is 0 Å². The summed E-state index contributed by atoms with van der Waals surface area (Å²) in [7, 11) is 2.93. The Kier molecular flexibility index (Phi) is 6.31. The van der Waals surface area contributed by atoms with Crippen molar-refractivity contribution in [3.05, 3.63) is 58.2 Å². The van der Waals surface area contributed by atoms with Crippen molar-refractivity contribution in [1.29, 1.82) is 0 Å². The number of fused-ring (bicyclic) bond motifs is 1. The fraction of sp³-hybridized carbons (Fsp3) is 0.238. The van der Waals surface area contributed by atoms with E-state index in [9.17, 15) is 14.9 Å². The Morgan fingerprint density at radius 1 is 1.20 bits per heavy atom. The summed E-state index contributed by atoms with van der Waals surface area (Å²) in [6.45, 7) is 3.62. The average molecular weight is 412 g/mol. The number of allylic oxidation sites excluding steroid dienone is 1. The van der Waals surface area contributed by atoms with Crippen LogP contribution in [-0.4, -0.2) is 37.9 Å². The van der Waals surface area contributed by atoms with Crippen molar-refractivity contribution in [1.82, 2.24) is 0 Å². The molecule has 2 aromatic carbocycles. The van der Waals surface area contributed by atoms with Crippen LogP contribution in [0, 0.1) is 10.1 Å². The zero-order chi connectivity index (χ0) is 21.7. The lowest BCUT2D eigenvalue weighted by Gasteiger charge is -2.12. The van der Waals surface area contributed by atoms with Crippen molar-refractivity contribution in [2.24, 2.45) is 4.99 Å². The van der Waals surface area contributed by atoms with E-state index in [2.05, 4.69) is 11.6 Å². The van der Waals surface area contributed by atoms with Gasteiger partial charge in [0.1, 0.15) is 0 Å². The lowest BCUT2D eigenvalue weighted by atomic mass is 10.0. The zero-order valence-electron chi connectivity index (χ0n) is 16.5. The fourth-order valence-electron chi connectivity index (χ4n) is 2.91. The summed E-state index contributed by atoms with van der Waals surface area (Å²) in [5, 5.41) is 11.5. The number of nitro groups is 1. The molecule has 0 amide bonds. The molecule has 2 aromatic rings. The van der Waals surface area contributed by atoms with Crippen LogP contribution >= 0.6 is 0 Å². The second kappa shape index (κ2) is 9.08. The number of benzene rings is 2. The minimum Gasteiger partial charge on any atom is -0.493 e. The Balaban J connectivity index is 2.07. The summed E-state index contributed by atoms with van der Waals surface area (Å²) in [5.74, 6) is 1.28. The highest BCUT2D eigenvalue weighted by atomic mass is 16.7. The summed E-state index contributed by atoms with van der Waals surface area (Å²) in [4.78, 5) is 27.9. The molecule has 9 heteroatoms. The van der Waals surface area contributed by atoms with Crippen LogP contribution in [0.4, 0.5) is 11.4 Å². The van der Waals surface area contributed by atoms with Gasteiger partial charge in [-0.2, -0.15) is 0 Å². The molecule has 0 radical (unpaired) electrons. The Bertz CT molecular complexity index is 1030. The van der Waals surface area contributed by atoms with Crippen LogP contribution in [0.25, 0.3) is 0 Å². The number of hydrogen-bond acceptors (Lipinski definition) is 8. The summed E-state index contributed by atoms with van der Waals surface area (Å²) in [6.07, 6.45) is 3.71. The first-order valence-electron chi connectivity index (χ1n) is 9.00. The lowest BCUT2D eigenvalue weighted by Crippen LogP contribution is -2.02. The van der Waals surface area contributed by atoms with Gasteiger partial charge in [-0.05, 0) is 18.6 Å². The third kappa shape index (κ3) is 4.24. The first kappa shape index (κ1) is 20.8. The first-order chi connectivity index (χ1) is 14.5. The molecule has 0 fully saturated rings. The molecule has 0 unspecified atom stereocenters. The predicted molar refractivity (Wildman–Crippen MR) is 110 cm³/mol. The maximum Gasteiger partial charge on any atom is 0.282 e. The van der Waals surface area contributed by atoms with Crippen LogP contribution in [-0.2, 0) is 0 Å². The van der Waals surface area contributed by atoms with Crippen LogP contribution in [0.5, 0.6) is 23.0 Å². The van der Waals surface area contributed by atoms with Crippen molar-refractivity contribution in [2.75, 3.05) is 21.0 Å². The summed E-state index contributed by atoms with van der Waals surface area (Å²) < 4.78 is 21.1. The van der Waals surface area contributed by atoms with Gasteiger partial charge in [-0.3, -0.25) is 19.9 Å². The van der Waals surface area contributed by atoms with Gasteiger partial charge in [-0.15, -0.1) is 6.58 Å². The minimum absolute atomic E-state index is 0.00921. The van der Waals surface area contributed by atoms with Gasteiger partial charge in [-0.25, -0.2) is 0 Å². The molecule has 0 spiro atoms. The number of aliphatic imine (C=N–C) groups is 1. The number of methoxy groups -OCH3 is 2. The number of nitrogens with zero attached hydrogens (tertiary/aromatic N) is 2. The number of carbonyl (C=O) groups excluding carboxylic acids is 1. The van der Waals surface area contributed by atoms with Gasteiger partial charge in [0.2, 0.25) is 6.79 Å². The third-order valence-electron chi connectivity index (χ3n) is 4.44. The molecule has 156 valence electrons. The van der Waals surface area contributed by atoms with E-state index in [1.165, 1.54) is 32.6 Å². The van der Waals surface area contributed by atoms with Gasteiger partial charge in [0.15, 0.2) is 28.8 Å². The van der Waals surface area contributed by atoms with E-state index in [4.69, 9.17) is 18.9 Å². The Labute approximate surface area is 172 Å². The molecule has 30 heavy (non-hydrogen) atoms. The van der Waals surface area contributed by atoms with E-state index in [0.29, 0.717) is 40.7 Å². The molecule has 9 nitrogen and oxygen atoms in total. The summed E-state index contributed by atoms with van der Waals surface area (Å²) >= 11 is 0. The van der Waals surface area contributed by atoms with Crippen molar-refractivity contribution < 1.29 is 28.7 Å². The first-order valence-corrected chi connectivity index (χ1v) is 9.00. The van der Waals surface area contributed by atoms with E-state index in [0.717, 1.165) is 0 Å². The molecule has 0 bridgehead atoms. The SMILES string of the molecule is C=CCCC(=O)c1cc(OC)c(OC)cc1N=Cc1cc2c(cc1[N+](=O)[O-])OCO2. The standard InChI is InChI=1S/C21H20N2O7/c1-4-5-6-17(24)14-8-18(27-2)19(28-3)9-15(14)22-11-13-7-20-21(30-12-29-20)10-16(13)23(25)26/h4,7-11H,1,5-6,12H2,2-3H3. The number of ether oxygens (including phenoxy) is 4. The minimum atomic E-state index is -0.534. The highest BCUT2D eigenvalue weighted by Crippen LogP contribution is 2.39. The van der Waals surface area contributed by atoms with Gasteiger partial charge >= 0.3 is 0 Å². The normalized spacial score (nSPS) is 12.1. The van der Waals surface area contributed by atoms with Crippen molar-refractivity contribution in [2.45, 2.75) is 12.8 Å². The van der Waals surface area contributed by atoms with Gasteiger partial charge in [0.25, 0.3) is 5.69 Å². The average Bonchev–Trinajstić information content (AvgIpc) is 3.21. The topological polar surface area (TPSA) is 109 Å². The number of rotatable bonds is 9. The largest absolute Gasteiger partial charge is 0.493 e. The number of carbonyl (C=O) groups is 1. The molecule has 0 aliphatic carbocycles. The summed E-state index contributed by atoms with van der Waals surface area (Å²) in [6, 6.07) is 5.86. The molecular formula is C21H20N2O7. The number of Topliss-reactive ketones (excluding diaryl/α,β-unsaturated/α-hetero) is 1.